The standard InChI is InChI=1S/C86H152N10S2/c1-5-9-13-17-21-25-29-33-37-41-45-49-53-57-71-93-75-76-94(72-58-54-50-46-42-38-34-30-26-22-18-14-10-6-2)85(93)91-89-83-65-61-81(62-66-83)87-69-79-97-98-80-70-88-82-63-67-84(68-64-82)90-92-86-95(73-59-55-51-47-43-39-35-31-27-23-19-15-11-7-3)77-78-96(86)74-60-56-52-48-44-40-36-32-28-24-20-16-12-8-4/h61-68,75-78H,5-60,69-74,79-80H2,1-4H3/p+2. The number of anilines is 2. The minimum atomic E-state index is 0.897. The third-order valence-electron chi connectivity index (χ3n) is 20.2. The smallest absolute Gasteiger partial charge is 0.384 e. The first-order valence-electron chi connectivity index (χ1n) is 42.6. The lowest BCUT2D eigenvalue weighted by Gasteiger charge is -2.07. The molecule has 2 N–H and O–H groups in total. The number of hydrogen-bond acceptors (Lipinski definition) is 8. The summed E-state index contributed by atoms with van der Waals surface area (Å²) < 4.78 is 9.43. The summed E-state index contributed by atoms with van der Waals surface area (Å²) in [6.07, 6.45) is 86.4. The lowest BCUT2D eigenvalue weighted by Crippen LogP contribution is -2.32. The molecule has 558 valence electrons. The quantitative estimate of drug-likeness (QED) is 0.0199. The van der Waals surface area contributed by atoms with Crippen molar-refractivity contribution < 1.29 is 9.13 Å². The van der Waals surface area contributed by atoms with E-state index in [1.54, 1.807) is 0 Å². The van der Waals surface area contributed by atoms with Gasteiger partial charge < -0.3 is 10.6 Å². The van der Waals surface area contributed by atoms with E-state index in [9.17, 15) is 0 Å². The third kappa shape index (κ3) is 47.5. The van der Waals surface area contributed by atoms with Gasteiger partial charge >= 0.3 is 11.9 Å². The number of azo groups is 2. The Kier molecular flexibility index (Phi) is 57.9. The molecule has 2 heterocycles. The topological polar surface area (TPSA) is 91.1 Å². The van der Waals surface area contributed by atoms with Gasteiger partial charge in [-0.15, -0.1) is 0 Å². The van der Waals surface area contributed by atoms with Gasteiger partial charge in [-0.3, -0.25) is 0 Å². The van der Waals surface area contributed by atoms with Crippen LogP contribution in [0.2, 0.25) is 0 Å². The Labute approximate surface area is 613 Å². The van der Waals surface area contributed by atoms with Crippen molar-refractivity contribution in [2.24, 2.45) is 20.5 Å². The molecular formula is C86H154N10S2+2. The summed E-state index contributed by atoms with van der Waals surface area (Å²) in [6, 6.07) is 17.0. The highest BCUT2D eigenvalue weighted by atomic mass is 33.1. The summed E-state index contributed by atoms with van der Waals surface area (Å²) in [6.45, 7) is 15.1. The van der Waals surface area contributed by atoms with E-state index in [1.807, 2.05) is 21.6 Å². The Morgan fingerprint density at radius 3 is 0.745 bits per heavy atom. The van der Waals surface area contributed by atoms with Gasteiger partial charge in [0.2, 0.25) is 0 Å². The van der Waals surface area contributed by atoms with Crippen LogP contribution in [0.25, 0.3) is 0 Å². The Bertz CT molecular complexity index is 2130. The van der Waals surface area contributed by atoms with E-state index in [4.69, 9.17) is 20.5 Å². The minimum Gasteiger partial charge on any atom is -0.384 e. The molecule has 0 fully saturated rings. The predicted molar refractivity (Wildman–Crippen MR) is 434 cm³/mol. The van der Waals surface area contributed by atoms with Crippen molar-refractivity contribution in [1.29, 1.82) is 0 Å². The fraction of sp³-hybridized carbons (Fsp3) is 0.791. The Balaban J connectivity index is 1.15. The minimum absolute atomic E-state index is 0.897. The van der Waals surface area contributed by atoms with Crippen LogP contribution in [0, 0.1) is 0 Å². The molecule has 0 saturated heterocycles. The zero-order valence-corrected chi connectivity index (χ0v) is 66.2. The second-order valence-electron chi connectivity index (χ2n) is 29.3. The summed E-state index contributed by atoms with van der Waals surface area (Å²) in [4.78, 5) is 0. The lowest BCUT2D eigenvalue weighted by molar-refractivity contribution is -0.684. The van der Waals surface area contributed by atoms with Gasteiger partial charge in [-0.25, -0.2) is 18.3 Å². The molecular weight excluding hydrogens is 1240 g/mol. The van der Waals surface area contributed by atoms with Crippen LogP contribution < -0.4 is 19.8 Å². The summed E-state index contributed by atoms with van der Waals surface area (Å²) >= 11 is 0. The van der Waals surface area contributed by atoms with Crippen LogP contribution >= 0.6 is 21.6 Å². The number of rotatable bonds is 73. The van der Waals surface area contributed by atoms with E-state index in [0.717, 1.165) is 85.4 Å². The molecule has 98 heavy (non-hydrogen) atoms. The highest BCUT2D eigenvalue weighted by molar-refractivity contribution is 8.76. The van der Waals surface area contributed by atoms with Crippen LogP contribution in [0.15, 0.2) is 93.8 Å². The summed E-state index contributed by atoms with van der Waals surface area (Å²) in [5, 5.41) is 26.8. The van der Waals surface area contributed by atoms with Gasteiger partial charge in [0, 0.05) is 46.2 Å². The molecule has 0 amide bonds. The van der Waals surface area contributed by atoms with Crippen LogP contribution in [0.3, 0.4) is 0 Å². The Morgan fingerprint density at radius 2 is 0.500 bits per heavy atom. The Morgan fingerprint density at radius 1 is 0.276 bits per heavy atom. The lowest BCUT2D eigenvalue weighted by atomic mass is 10.0. The normalized spacial score (nSPS) is 11.8. The monoisotopic (exact) mass is 1390 g/mol. The molecule has 4 rings (SSSR count). The molecule has 0 spiro atoms. The maximum Gasteiger partial charge on any atom is 0.421 e. The first-order chi connectivity index (χ1) is 48.6. The van der Waals surface area contributed by atoms with Gasteiger partial charge in [-0.2, -0.15) is 0 Å². The fourth-order valence-corrected chi connectivity index (χ4v) is 15.7. The predicted octanol–water partition coefficient (Wildman–Crippen LogP) is 29.5. The number of aromatic nitrogens is 4. The number of imidazole rings is 2. The van der Waals surface area contributed by atoms with Crippen LogP contribution in [0.4, 0.5) is 34.6 Å². The largest absolute Gasteiger partial charge is 0.421 e. The first kappa shape index (κ1) is 86.8. The van der Waals surface area contributed by atoms with E-state index in [1.165, 1.54) is 360 Å². The highest BCUT2D eigenvalue weighted by Gasteiger charge is 2.19. The molecule has 12 heteroatoms. The molecule has 10 nitrogen and oxygen atoms in total. The van der Waals surface area contributed by atoms with E-state index < -0.39 is 0 Å². The molecule has 0 atom stereocenters. The van der Waals surface area contributed by atoms with E-state index in [-0.39, 0.29) is 0 Å². The maximum atomic E-state index is 4.95. The number of aryl methyl sites for hydroxylation is 4. The number of benzene rings is 2. The van der Waals surface area contributed by atoms with Crippen molar-refractivity contribution in [3.8, 4) is 0 Å². The molecule has 0 aliphatic rings. The van der Waals surface area contributed by atoms with Crippen LogP contribution in [0.1, 0.15) is 387 Å². The average Bonchev–Trinajstić information content (AvgIpc) is 1.71. The van der Waals surface area contributed by atoms with Crippen molar-refractivity contribution in [2.75, 3.05) is 35.2 Å². The van der Waals surface area contributed by atoms with Crippen molar-refractivity contribution in [3.63, 3.8) is 0 Å². The van der Waals surface area contributed by atoms with E-state index in [0.29, 0.717) is 0 Å². The molecule has 0 saturated carbocycles. The molecule has 2 aromatic heterocycles. The summed E-state index contributed by atoms with van der Waals surface area (Å²) in [7, 11) is 3.87. The van der Waals surface area contributed by atoms with Gasteiger partial charge in [-0.1, -0.05) is 393 Å². The second kappa shape index (κ2) is 65.4. The second-order valence-corrected chi connectivity index (χ2v) is 32.0. The highest BCUT2D eigenvalue weighted by Crippen LogP contribution is 2.26. The molecule has 0 aliphatic heterocycles. The third-order valence-corrected chi connectivity index (χ3v) is 22.7. The molecule has 0 unspecified atom stereocenters. The zero-order valence-electron chi connectivity index (χ0n) is 64.6. The summed E-state index contributed by atoms with van der Waals surface area (Å²) in [5.41, 5.74) is 4.05. The summed E-state index contributed by atoms with van der Waals surface area (Å²) in [5.74, 6) is 4.04. The number of hydrogen-bond donors (Lipinski definition) is 2. The van der Waals surface area contributed by atoms with Crippen molar-refractivity contribution >= 4 is 56.2 Å². The van der Waals surface area contributed by atoms with Crippen molar-refractivity contribution in [2.45, 2.75) is 413 Å². The van der Waals surface area contributed by atoms with Gasteiger partial charge in [0.05, 0.1) is 51.0 Å². The first-order valence-corrected chi connectivity index (χ1v) is 45.1. The van der Waals surface area contributed by atoms with Gasteiger partial charge in [-0.05, 0) is 74.2 Å². The maximum absolute atomic E-state index is 4.95. The molecule has 0 radical (unpaired) electrons. The zero-order chi connectivity index (χ0) is 69.2. The van der Waals surface area contributed by atoms with E-state index >= 15 is 0 Å². The molecule has 2 aromatic carbocycles. The number of unbranched alkanes of at least 4 members (excludes halogenated alkanes) is 52. The molecule has 0 aliphatic carbocycles. The number of nitrogens with one attached hydrogen (secondary N) is 2. The van der Waals surface area contributed by atoms with E-state index in [2.05, 4.69) is 130 Å². The molecule has 4 aromatic rings. The molecule has 0 bridgehead atoms. The van der Waals surface area contributed by atoms with Gasteiger partial charge in [0.25, 0.3) is 0 Å². The van der Waals surface area contributed by atoms with Crippen molar-refractivity contribution in [3.05, 3.63) is 73.3 Å². The van der Waals surface area contributed by atoms with Gasteiger partial charge in [0.1, 0.15) is 11.4 Å². The van der Waals surface area contributed by atoms with Crippen molar-refractivity contribution in [1.82, 2.24) is 9.13 Å². The Hall–Kier alpha value is -3.64. The number of nitrogens with zero attached hydrogens (tertiary/aromatic N) is 8. The van der Waals surface area contributed by atoms with Crippen LogP contribution in [0.5, 0.6) is 0 Å². The van der Waals surface area contributed by atoms with Gasteiger partial charge in [0.15, 0.2) is 0 Å². The van der Waals surface area contributed by atoms with Crippen LogP contribution in [-0.2, 0) is 26.2 Å². The average molecular weight is 1390 g/mol. The van der Waals surface area contributed by atoms with Crippen LogP contribution in [-0.4, -0.2) is 33.7 Å². The SMILES string of the molecule is CCCCCCCCCCCCCCCCn1cc[n+](CCCCCCCCCCCCCCCC)c1/N=N/c1ccc(NCCSSCCNc2ccc(/N=N/c3n(CCCCCCCCCCCCCCCC)cc[n+]3CCCCCCCCCCCCCCCC)cc2)cc1. The fourth-order valence-electron chi connectivity index (χ4n) is 13.8.